The van der Waals surface area contributed by atoms with Crippen molar-refractivity contribution >= 4 is 10.0 Å². The van der Waals surface area contributed by atoms with Crippen molar-refractivity contribution in [1.29, 1.82) is 0 Å². The van der Waals surface area contributed by atoms with Crippen LogP contribution in [0.5, 0.6) is 0 Å². The molecule has 0 spiro atoms. The van der Waals surface area contributed by atoms with Gasteiger partial charge in [0.2, 0.25) is 10.0 Å². The van der Waals surface area contributed by atoms with Gasteiger partial charge in [0.15, 0.2) is 0 Å². The molecule has 3 nitrogen and oxygen atoms in total. The summed E-state index contributed by atoms with van der Waals surface area (Å²) in [6, 6.07) is 3.74. The Labute approximate surface area is 95.7 Å². The first-order chi connectivity index (χ1) is 7.12. The Morgan fingerprint density at radius 1 is 1.25 bits per heavy atom. The number of sulfonamides is 1. The van der Waals surface area contributed by atoms with Crippen LogP contribution in [0.15, 0.2) is 23.1 Å². The summed E-state index contributed by atoms with van der Waals surface area (Å²) in [5, 5.41) is 0. The number of rotatable bonds is 2. The summed E-state index contributed by atoms with van der Waals surface area (Å²) in [5.74, 6) is -0.408. The molecule has 0 aliphatic rings. The Balaban J connectivity index is 3.13. The third kappa shape index (κ3) is 3.28. The van der Waals surface area contributed by atoms with E-state index in [1.807, 2.05) is 0 Å². The van der Waals surface area contributed by atoms with Crippen LogP contribution in [-0.4, -0.2) is 14.0 Å². The van der Waals surface area contributed by atoms with Crippen molar-refractivity contribution in [2.45, 2.75) is 38.1 Å². The van der Waals surface area contributed by atoms with E-state index in [9.17, 15) is 12.8 Å². The molecule has 0 atom stereocenters. The minimum absolute atomic E-state index is 0.0846. The van der Waals surface area contributed by atoms with Gasteiger partial charge in [-0.15, -0.1) is 0 Å². The first-order valence-corrected chi connectivity index (χ1v) is 6.40. The second-order valence-corrected chi connectivity index (χ2v) is 6.45. The van der Waals surface area contributed by atoms with Crippen molar-refractivity contribution in [3.63, 3.8) is 0 Å². The molecule has 1 aromatic carbocycles. The fraction of sp³-hybridized carbons (Fsp3) is 0.455. The van der Waals surface area contributed by atoms with E-state index >= 15 is 0 Å². The molecular weight excluding hydrogens is 229 g/mol. The molecule has 0 fully saturated rings. The Morgan fingerprint density at radius 2 is 1.81 bits per heavy atom. The highest BCUT2D eigenvalue weighted by Crippen LogP contribution is 2.16. The standard InChI is InChI=1S/C11H16FNO2S/c1-8-7-9(5-6-10(8)12)16(14,15)13-11(2,3)4/h5-7,13H,1-4H3. The maximum absolute atomic E-state index is 13.0. The number of hydrogen-bond acceptors (Lipinski definition) is 2. The van der Waals surface area contributed by atoms with Crippen molar-refractivity contribution in [3.05, 3.63) is 29.6 Å². The summed E-state index contributed by atoms with van der Waals surface area (Å²) in [6.07, 6.45) is 0. The minimum atomic E-state index is -3.57. The number of halogens is 1. The molecule has 0 bridgehead atoms. The average molecular weight is 245 g/mol. The van der Waals surface area contributed by atoms with Gasteiger partial charge in [-0.05, 0) is 51.5 Å². The minimum Gasteiger partial charge on any atom is -0.207 e. The largest absolute Gasteiger partial charge is 0.241 e. The van der Waals surface area contributed by atoms with E-state index in [1.54, 1.807) is 20.8 Å². The summed E-state index contributed by atoms with van der Waals surface area (Å²) in [6.45, 7) is 6.79. The molecule has 0 saturated carbocycles. The predicted octanol–water partition coefficient (Wildman–Crippen LogP) is 2.21. The third-order valence-corrected chi connectivity index (χ3v) is 3.64. The highest BCUT2D eigenvalue weighted by molar-refractivity contribution is 7.89. The molecule has 1 aromatic rings. The molecule has 0 amide bonds. The van der Waals surface area contributed by atoms with Crippen LogP contribution in [0.25, 0.3) is 0 Å². The van der Waals surface area contributed by atoms with E-state index in [0.29, 0.717) is 5.56 Å². The molecular formula is C11H16FNO2S. The van der Waals surface area contributed by atoms with Crippen LogP contribution in [0.2, 0.25) is 0 Å². The second kappa shape index (κ2) is 4.14. The zero-order valence-electron chi connectivity index (χ0n) is 9.83. The van der Waals surface area contributed by atoms with E-state index in [-0.39, 0.29) is 4.90 Å². The Hall–Kier alpha value is -0.940. The Morgan fingerprint density at radius 3 is 2.25 bits per heavy atom. The van der Waals surface area contributed by atoms with Crippen molar-refractivity contribution in [3.8, 4) is 0 Å². The van der Waals surface area contributed by atoms with E-state index in [4.69, 9.17) is 0 Å². The number of hydrogen-bond donors (Lipinski definition) is 1. The maximum atomic E-state index is 13.0. The maximum Gasteiger partial charge on any atom is 0.241 e. The number of benzene rings is 1. The van der Waals surface area contributed by atoms with Crippen molar-refractivity contribution < 1.29 is 12.8 Å². The van der Waals surface area contributed by atoms with Crippen LogP contribution in [-0.2, 0) is 10.0 Å². The van der Waals surface area contributed by atoms with Crippen molar-refractivity contribution in [2.75, 3.05) is 0 Å². The Bertz CT molecular complexity index is 489. The van der Waals surface area contributed by atoms with Gasteiger partial charge in [-0.2, -0.15) is 0 Å². The van der Waals surface area contributed by atoms with Crippen LogP contribution >= 0.6 is 0 Å². The first kappa shape index (κ1) is 13.1. The topological polar surface area (TPSA) is 46.2 Å². The van der Waals surface area contributed by atoms with E-state index < -0.39 is 21.4 Å². The molecule has 0 aliphatic heterocycles. The van der Waals surface area contributed by atoms with Gasteiger partial charge in [-0.1, -0.05) is 0 Å². The zero-order chi connectivity index (χ0) is 12.6. The normalized spacial score (nSPS) is 12.8. The first-order valence-electron chi connectivity index (χ1n) is 4.92. The molecule has 0 radical (unpaired) electrons. The van der Waals surface area contributed by atoms with E-state index in [0.717, 1.165) is 6.07 Å². The van der Waals surface area contributed by atoms with Gasteiger partial charge in [-0.25, -0.2) is 17.5 Å². The molecule has 5 heteroatoms. The summed E-state index contributed by atoms with van der Waals surface area (Å²) >= 11 is 0. The second-order valence-electron chi connectivity index (χ2n) is 4.77. The molecule has 16 heavy (non-hydrogen) atoms. The zero-order valence-corrected chi connectivity index (χ0v) is 10.7. The van der Waals surface area contributed by atoms with E-state index in [1.165, 1.54) is 19.1 Å². The molecule has 0 aromatic heterocycles. The van der Waals surface area contributed by atoms with Crippen LogP contribution in [0.3, 0.4) is 0 Å². The van der Waals surface area contributed by atoms with Crippen LogP contribution in [0.1, 0.15) is 26.3 Å². The number of nitrogens with one attached hydrogen (secondary N) is 1. The van der Waals surface area contributed by atoms with Gasteiger partial charge >= 0.3 is 0 Å². The fourth-order valence-electron chi connectivity index (χ4n) is 1.25. The molecule has 1 N–H and O–H groups in total. The summed E-state index contributed by atoms with van der Waals surface area (Å²) in [7, 11) is -3.57. The lowest BCUT2D eigenvalue weighted by atomic mass is 10.1. The van der Waals surface area contributed by atoms with Gasteiger partial charge in [0.25, 0.3) is 0 Å². The highest BCUT2D eigenvalue weighted by Gasteiger charge is 2.22. The lowest BCUT2D eigenvalue weighted by molar-refractivity contribution is 0.491. The summed E-state index contributed by atoms with van der Waals surface area (Å²) in [5.41, 5.74) is -0.238. The van der Waals surface area contributed by atoms with Gasteiger partial charge < -0.3 is 0 Å². The smallest absolute Gasteiger partial charge is 0.207 e. The number of aryl methyl sites for hydroxylation is 1. The fourth-order valence-corrected chi connectivity index (χ4v) is 2.75. The highest BCUT2D eigenvalue weighted by atomic mass is 32.2. The van der Waals surface area contributed by atoms with Crippen molar-refractivity contribution in [2.24, 2.45) is 0 Å². The monoisotopic (exact) mass is 245 g/mol. The van der Waals surface area contributed by atoms with Gasteiger partial charge in [0, 0.05) is 5.54 Å². The van der Waals surface area contributed by atoms with Crippen LogP contribution in [0, 0.1) is 12.7 Å². The average Bonchev–Trinajstić information content (AvgIpc) is 2.05. The lowest BCUT2D eigenvalue weighted by Gasteiger charge is -2.20. The van der Waals surface area contributed by atoms with Gasteiger partial charge in [-0.3, -0.25) is 0 Å². The SMILES string of the molecule is Cc1cc(S(=O)(=O)NC(C)(C)C)ccc1F. The Kier molecular flexibility index (Phi) is 3.40. The van der Waals surface area contributed by atoms with E-state index in [2.05, 4.69) is 4.72 Å². The van der Waals surface area contributed by atoms with Crippen LogP contribution < -0.4 is 4.72 Å². The van der Waals surface area contributed by atoms with Crippen molar-refractivity contribution in [1.82, 2.24) is 4.72 Å². The quantitative estimate of drug-likeness (QED) is 0.868. The molecule has 1 rings (SSSR count). The lowest BCUT2D eigenvalue weighted by Crippen LogP contribution is -2.40. The summed E-state index contributed by atoms with van der Waals surface area (Å²) < 4.78 is 39.3. The molecule has 0 aliphatic carbocycles. The third-order valence-electron chi connectivity index (χ3n) is 1.88. The van der Waals surface area contributed by atoms with Gasteiger partial charge in [0.05, 0.1) is 4.90 Å². The molecule has 0 heterocycles. The van der Waals surface area contributed by atoms with Gasteiger partial charge in [0.1, 0.15) is 5.82 Å². The predicted molar refractivity (Wildman–Crippen MR) is 61.2 cm³/mol. The van der Waals surface area contributed by atoms with Crippen LogP contribution in [0.4, 0.5) is 4.39 Å². The molecule has 0 saturated heterocycles. The molecule has 0 unspecified atom stereocenters. The summed E-state index contributed by atoms with van der Waals surface area (Å²) in [4.78, 5) is 0.0846. The molecule has 90 valence electrons.